The Bertz CT molecular complexity index is 3030. The van der Waals surface area contributed by atoms with Gasteiger partial charge in [-0.2, -0.15) is 0 Å². The van der Waals surface area contributed by atoms with Crippen molar-refractivity contribution in [1.82, 2.24) is 0 Å². The minimum absolute atomic E-state index is 0.880. The Morgan fingerprint density at radius 2 is 1.25 bits per heavy atom. The average molecular weight is 708 g/mol. The van der Waals surface area contributed by atoms with Crippen molar-refractivity contribution in [2.45, 2.75) is 25.7 Å². The molecule has 0 spiro atoms. The normalized spacial score (nSPS) is 13.9. The van der Waals surface area contributed by atoms with Gasteiger partial charge < -0.3 is 13.7 Å². The molecule has 0 saturated carbocycles. The van der Waals surface area contributed by atoms with Gasteiger partial charge in [0.25, 0.3) is 0 Å². The van der Waals surface area contributed by atoms with Gasteiger partial charge in [0.2, 0.25) is 0 Å². The molecule has 0 unspecified atom stereocenters. The Kier molecular flexibility index (Phi) is 7.44. The van der Waals surface area contributed by atoms with Gasteiger partial charge in [0, 0.05) is 56.7 Å². The molecule has 2 aliphatic carbocycles. The average Bonchev–Trinajstić information content (AvgIpc) is 3.83. The predicted molar refractivity (Wildman–Crippen MR) is 230 cm³/mol. The summed E-state index contributed by atoms with van der Waals surface area (Å²) in [5.41, 5.74) is 14.6. The second-order valence-corrected chi connectivity index (χ2v) is 14.6. The van der Waals surface area contributed by atoms with E-state index in [9.17, 15) is 0 Å². The first-order valence-corrected chi connectivity index (χ1v) is 19.3. The smallest absolute Gasteiger partial charge is 0.143 e. The highest BCUT2D eigenvalue weighted by Gasteiger charge is 2.21. The van der Waals surface area contributed by atoms with Gasteiger partial charge in [-0.3, -0.25) is 0 Å². The van der Waals surface area contributed by atoms with Crippen LogP contribution in [-0.4, -0.2) is 0 Å². The topological polar surface area (TPSA) is 29.5 Å². The third kappa shape index (κ3) is 5.34. The fourth-order valence-electron chi connectivity index (χ4n) is 8.75. The molecule has 2 aliphatic rings. The lowest BCUT2D eigenvalue weighted by Gasteiger charge is -2.29. The van der Waals surface area contributed by atoms with Crippen LogP contribution in [0.15, 0.2) is 184 Å². The number of hydrogen-bond acceptors (Lipinski definition) is 3. The molecule has 0 atom stereocenters. The summed E-state index contributed by atoms with van der Waals surface area (Å²) in [6, 6.07) is 52.6. The van der Waals surface area contributed by atoms with Gasteiger partial charge in [-0.05, 0) is 107 Å². The second-order valence-electron chi connectivity index (χ2n) is 14.6. The fraction of sp³-hybridized carbons (Fsp3) is 0.0769. The molecule has 0 fully saturated rings. The first kappa shape index (κ1) is 31.7. The molecule has 0 radical (unpaired) electrons. The van der Waals surface area contributed by atoms with E-state index in [4.69, 9.17) is 8.83 Å². The maximum absolute atomic E-state index is 6.84. The molecule has 0 bridgehead atoms. The number of allylic oxidation sites excluding steroid dienone is 5. The zero-order chi connectivity index (χ0) is 36.3. The summed E-state index contributed by atoms with van der Waals surface area (Å²) in [5, 5.41) is 5.75. The largest absolute Gasteiger partial charge is 0.460 e. The lowest BCUT2D eigenvalue weighted by Crippen LogP contribution is -2.17. The van der Waals surface area contributed by atoms with Crippen LogP contribution < -0.4 is 4.90 Å². The minimum atomic E-state index is 0.880. The number of rotatable bonds is 6. The molecule has 2 heterocycles. The molecule has 3 nitrogen and oxygen atoms in total. The summed E-state index contributed by atoms with van der Waals surface area (Å²) in [7, 11) is 0. The van der Waals surface area contributed by atoms with E-state index in [-0.39, 0.29) is 0 Å². The Hall–Kier alpha value is -6.84. The van der Waals surface area contributed by atoms with E-state index in [1.54, 1.807) is 0 Å². The van der Waals surface area contributed by atoms with Crippen molar-refractivity contribution in [3.05, 3.63) is 187 Å². The maximum atomic E-state index is 6.84. The molecule has 55 heavy (non-hydrogen) atoms. The number of fused-ring (bicyclic) bond motifs is 8. The number of hydrogen-bond donors (Lipinski definition) is 0. The number of nitrogens with zero attached hydrogens (tertiary/aromatic N) is 1. The van der Waals surface area contributed by atoms with Crippen molar-refractivity contribution in [1.29, 1.82) is 0 Å². The van der Waals surface area contributed by atoms with Gasteiger partial charge >= 0.3 is 0 Å². The first-order valence-electron chi connectivity index (χ1n) is 19.3. The number of furan rings is 2. The van der Waals surface area contributed by atoms with E-state index in [1.165, 1.54) is 55.4 Å². The van der Waals surface area contributed by atoms with Crippen molar-refractivity contribution < 1.29 is 8.83 Å². The molecular formula is C52H37NO2. The lowest BCUT2D eigenvalue weighted by molar-refractivity contribution is 0.546. The first-order chi connectivity index (χ1) is 27.3. The van der Waals surface area contributed by atoms with E-state index in [2.05, 4.69) is 181 Å². The van der Waals surface area contributed by atoms with Gasteiger partial charge in [-0.1, -0.05) is 121 Å². The summed E-state index contributed by atoms with van der Waals surface area (Å²) in [6.07, 6.45) is 15.1. The van der Waals surface area contributed by atoms with Gasteiger partial charge in [0.05, 0.1) is 0 Å². The Morgan fingerprint density at radius 3 is 2.13 bits per heavy atom. The molecule has 7 aromatic carbocycles. The highest BCUT2D eigenvalue weighted by Crippen LogP contribution is 2.44. The number of aryl methyl sites for hydroxylation is 1. The quantitative estimate of drug-likeness (QED) is 0.172. The number of benzene rings is 7. The summed E-state index contributed by atoms with van der Waals surface area (Å²) in [6.45, 7) is 0. The molecule has 0 amide bonds. The highest BCUT2D eigenvalue weighted by molar-refractivity contribution is 6.19. The lowest BCUT2D eigenvalue weighted by atomic mass is 9.93. The third-order valence-corrected chi connectivity index (χ3v) is 11.4. The van der Waals surface area contributed by atoms with E-state index in [0.717, 1.165) is 75.7 Å². The Labute approximate surface area is 319 Å². The maximum Gasteiger partial charge on any atom is 0.143 e. The molecular weight excluding hydrogens is 671 g/mol. The van der Waals surface area contributed by atoms with Crippen LogP contribution in [0.3, 0.4) is 0 Å². The van der Waals surface area contributed by atoms with Crippen LogP contribution >= 0.6 is 0 Å². The van der Waals surface area contributed by atoms with E-state index >= 15 is 0 Å². The van der Waals surface area contributed by atoms with Gasteiger partial charge in [-0.15, -0.1) is 0 Å². The van der Waals surface area contributed by atoms with Crippen LogP contribution in [0.25, 0.3) is 83.1 Å². The summed E-state index contributed by atoms with van der Waals surface area (Å²) >= 11 is 0. The van der Waals surface area contributed by atoms with Crippen molar-refractivity contribution in [2.75, 3.05) is 4.90 Å². The monoisotopic (exact) mass is 707 g/mol. The fourth-order valence-corrected chi connectivity index (χ4v) is 8.75. The molecule has 262 valence electrons. The van der Waals surface area contributed by atoms with E-state index in [0.29, 0.717) is 0 Å². The highest BCUT2D eigenvalue weighted by atomic mass is 16.3. The zero-order valence-corrected chi connectivity index (χ0v) is 30.3. The van der Waals surface area contributed by atoms with Crippen molar-refractivity contribution in [3.8, 4) is 33.4 Å². The SMILES string of the molecule is C1=CCCC(N(c2ccc(-c3cccc4oc5c(c34)C=CCC5)cc2)c2ccc3c(c2)oc2c4ccccc4c(-c4cccc(-c5ccccc5)c4)cc32)=C1. The van der Waals surface area contributed by atoms with E-state index < -0.39 is 0 Å². The standard InChI is InChI=1S/C52H37NO2/c1-3-13-34(14-4-1)36-15-11-16-37(31-36)46-33-47-43-30-29-40(32-50(43)55-52(47)44-20-8-7-19-42(44)46)53(38-17-5-2-6-18-38)39-27-25-35(26-28-39)41-22-12-24-49-51(41)45-21-9-10-23-48(45)54-49/h1-5,7-9,11-17,19-22,24-33H,6,10,18,23H2. The van der Waals surface area contributed by atoms with Crippen molar-refractivity contribution >= 4 is 61.1 Å². The van der Waals surface area contributed by atoms with Gasteiger partial charge in [-0.25, -0.2) is 0 Å². The molecule has 3 heteroatoms. The van der Waals surface area contributed by atoms with Gasteiger partial charge in [0.1, 0.15) is 22.5 Å². The van der Waals surface area contributed by atoms with Crippen LogP contribution in [0, 0.1) is 0 Å². The number of anilines is 2. The molecule has 0 saturated heterocycles. The Morgan fingerprint density at radius 1 is 0.473 bits per heavy atom. The van der Waals surface area contributed by atoms with E-state index in [1.807, 2.05) is 0 Å². The van der Waals surface area contributed by atoms with Gasteiger partial charge in [0.15, 0.2) is 0 Å². The summed E-state index contributed by atoms with van der Waals surface area (Å²) in [5.74, 6) is 1.09. The molecule has 9 aromatic rings. The van der Waals surface area contributed by atoms with Crippen LogP contribution in [-0.2, 0) is 6.42 Å². The minimum Gasteiger partial charge on any atom is -0.460 e. The Balaban J connectivity index is 1.02. The van der Waals surface area contributed by atoms with Crippen LogP contribution in [0.1, 0.15) is 30.6 Å². The van der Waals surface area contributed by atoms with Crippen LogP contribution in [0.5, 0.6) is 0 Å². The second kappa shape index (κ2) is 12.9. The van der Waals surface area contributed by atoms with Crippen LogP contribution in [0.4, 0.5) is 11.4 Å². The molecule has 0 N–H and O–H groups in total. The van der Waals surface area contributed by atoms with Crippen molar-refractivity contribution in [2.24, 2.45) is 0 Å². The molecule has 11 rings (SSSR count). The zero-order valence-electron chi connectivity index (χ0n) is 30.3. The molecule has 2 aromatic heterocycles. The third-order valence-electron chi connectivity index (χ3n) is 11.4. The van der Waals surface area contributed by atoms with Crippen LogP contribution in [0.2, 0.25) is 0 Å². The summed E-state index contributed by atoms with van der Waals surface area (Å²) < 4.78 is 13.1. The van der Waals surface area contributed by atoms with Crippen molar-refractivity contribution in [3.63, 3.8) is 0 Å². The predicted octanol–water partition coefficient (Wildman–Crippen LogP) is 14.8. The molecule has 0 aliphatic heterocycles. The summed E-state index contributed by atoms with van der Waals surface area (Å²) in [4.78, 5) is 2.39.